The van der Waals surface area contributed by atoms with Gasteiger partial charge in [-0.3, -0.25) is 5.41 Å². The molecule has 0 bridgehead atoms. The molecule has 1 heterocycles. The summed E-state index contributed by atoms with van der Waals surface area (Å²) in [5.41, 5.74) is 15.4. The van der Waals surface area contributed by atoms with E-state index in [0.717, 1.165) is 17.5 Å². The van der Waals surface area contributed by atoms with Crippen molar-refractivity contribution in [2.24, 2.45) is 11.5 Å². The summed E-state index contributed by atoms with van der Waals surface area (Å²) in [6.45, 7) is 3.73. The molecule has 0 aliphatic heterocycles. The molecule has 0 spiro atoms. The molecule has 5 heteroatoms. The summed E-state index contributed by atoms with van der Waals surface area (Å²) < 4.78 is 5.82. The number of oxazole rings is 1. The van der Waals surface area contributed by atoms with Crippen molar-refractivity contribution >= 4 is 11.5 Å². The highest BCUT2D eigenvalue weighted by Gasteiger charge is 2.07. The highest BCUT2D eigenvalue weighted by atomic mass is 16.4. The van der Waals surface area contributed by atoms with Gasteiger partial charge >= 0.3 is 0 Å². The van der Waals surface area contributed by atoms with Gasteiger partial charge in [-0.1, -0.05) is 55.1 Å². The molecule has 1 aromatic heterocycles. The predicted octanol–water partition coefficient (Wildman–Crippen LogP) is 3.34. The highest BCUT2D eigenvalue weighted by molar-refractivity contribution is 5.95. The monoisotopic (exact) mass is 332 g/mol. The van der Waals surface area contributed by atoms with Gasteiger partial charge in [0.05, 0.1) is 6.20 Å². The molecular weight excluding hydrogens is 312 g/mol. The van der Waals surface area contributed by atoms with E-state index in [1.165, 1.54) is 5.56 Å². The van der Waals surface area contributed by atoms with Crippen LogP contribution in [0.15, 0.2) is 65.7 Å². The number of hydrogen-bond acceptors (Lipinski definition) is 4. The Bertz CT molecular complexity index is 892. The predicted molar refractivity (Wildman–Crippen MR) is 100 cm³/mol. The van der Waals surface area contributed by atoms with E-state index in [4.69, 9.17) is 21.3 Å². The fourth-order valence-corrected chi connectivity index (χ4v) is 2.51. The van der Waals surface area contributed by atoms with Gasteiger partial charge in [-0.05, 0) is 17.5 Å². The molecule has 5 nitrogen and oxygen atoms in total. The summed E-state index contributed by atoms with van der Waals surface area (Å²) in [6.07, 6.45) is 3.27. The fraction of sp³-hybridized carbons (Fsp3) is 0.100. The Morgan fingerprint density at radius 3 is 2.20 bits per heavy atom. The maximum absolute atomic E-state index is 7.42. The van der Waals surface area contributed by atoms with Gasteiger partial charge in [0.25, 0.3) is 0 Å². The Hall–Kier alpha value is -3.34. The second-order valence-corrected chi connectivity index (χ2v) is 5.83. The van der Waals surface area contributed by atoms with E-state index in [1.807, 2.05) is 36.4 Å². The number of benzene rings is 2. The fourth-order valence-electron chi connectivity index (χ4n) is 2.51. The molecule has 3 aromatic rings. The number of rotatable bonds is 6. The highest BCUT2D eigenvalue weighted by Crippen LogP contribution is 2.21. The van der Waals surface area contributed by atoms with Gasteiger partial charge in [-0.25, -0.2) is 4.98 Å². The van der Waals surface area contributed by atoms with E-state index in [-0.39, 0.29) is 5.84 Å². The smallest absolute Gasteiger partial charge is 0.195 e. The van der Waals surface area contributed by atoms with Crippen molar-refractivity contribution in [3.8, 4) is 11.3 Å². The van der Waals surface area contributed by atoms with Crippen molar-refractivity contribution in [3.05, 3.63) is 83.9 Å². The van der Waals surface area contributed by atoms with Crippen LogP contribution in [0.5, 0.6) is 0 Å². The molecule has 25 heavy (non-hydrogen) atoms. The van der Waals surface area contributed by atoms with Crippen LogP contribution >= 0.6 is 0 Å². The van der Waals surface area contributed by atoms with Crippen molar-refractivity contribution in [1.29, 1.82) is 5.41 Å². The molecule has 0 saturated heterocycles. The molecule has 0 unspecified atom stereocenters. The second-order valence-electron chi connectivity index (χ2n) is 5.83. The lowest BCUT2D eigenvalue weighted by Crippen LogP contribution is -2.10. The van der Waals surface area contributed by atoms with Gasteiger partial charge in [0.15, 0.2) is 11.7 Å². The Morgan fingerprint density at radius 1 is 0.960 bits per heavy atom. The molecule has 3 rings (SSSR count). The van der Waals surface area contributed by atoms with E-state index in [1.54, 1.807) is 18.3 Å². The SMILES string of the molecule is C=C(N)c1ccc(CCc2ncc(-c3ccc(C(=N)N)cc3)o2)cc1. The largest absolute Gasteiger partial charge is 0.441 e. The number of aromatic nitrogens is 1. The molecule has 2 aromatic carbocycles. The summed E-state index contributed by atoms with van der Waals surface area (Å²) in [4.78, 5) is 4.34. The lowest BCUT2D eigenvalue weighted by atomic mass is 10.1. The third kappa shape index (κ3) is 3.95. The second kappa shape index (κ2) is 7.05. The van der Waals surface area contributed by atoms with E-state index in [0.29, 0.717) is 29.3 Å². The number of nitrogen functional groups attached to an aromatic ring is 1. The van der Waals surface area contributed by atoms with Crippen molar-refractivity contribution in [2.75, 3.05) is 0 Å². The van der Waals surface area contributed by atoms with Crippen LogP contribution in [0, 0.1) is 5.41 Å². The summed E-state index contributed by atoms with van der Waals surface area (Å²) in [6, 6.07) is 15.4. The average Bonchev–Trinajstić information content (AvgIpc) is 3.09. The van der Waals surface area contributed by atoms with Crippen LogP contribution in [-0.4, -0.2) is 10.8 Å². The first-order valence-corrected chi connectivity index (χ1v) is 7.96. The number of nitrogens with one attached hydrogen (secondary N) is 1. The molecular formula is C20H20N4O. The molecule has 0 saturated carbocycles. The van der Waals surface area contributed by atoms with Gasteiger partial charge in [0.1, 0.15) is 5.84 Å². The number of aryl methyl sites for hydroxylation is 2. The Morgan fingerprint density at radius 2 is 1.60 bits per heavy atom. The Kier molecular flexibility index (Phi) is 4.66. The summed E-state index contributed by atoms with van der Waals surface area (Å²) in [5.74, 6) is 1.45. The van der Waals surface area contributed by atoms with E-state index >= 15 is 0 Å². The maximum Gasteiger partial charge on any atom is 0.195 e. The number of hydrogen-bond donors (Lipinski definition) is 3. The molecule has 0 amide bonds. The quantitative estimate of drug-likeness (QED) is 0.476. The minimum Gasteiger partial charge on any atom is -0.441 e. The number of nitrogens with two attached hydrogens (primary N) is 2. The Balaban J connectivity index is 1.65. The molecule has 0 aliphatic carbocycles. The summed E-state index contributed by atoms with van der Waals surface area (Å²) in [5, 5.41) is 7.42. The van der Waals surface area contributed by atoms with Crippen molar-refractivity contribution < 1.29 is 4.42 Å². The van der Waals surface area contributed by atoms with Gasteiger partial charge < -0.3 is 15.9 Å². The lowest BCUT2D eigenvalue weighted by Gasteiger charge is -2.03. The number of amidine groups is 1. The lowest BCUT2D eigenvalue weighted by molar-refractivity contribution is 0.505. The third-order valence-electron chi connectivity index (χ3n) is 3.99. The van der Waals surface area contributed by atoms with E-state index in [2.05, 4.69) is 11.6 Å². The normalized spacial score (nSPS) is 10.6. The molecule has 126 valence electrons. The van der Waals surface area contributed by atoms with Crippen molar-refractivity contribution in [2.45, 2.75) is 12.8 Å². The summed E-state index contributed by atoms with van der Waals surface area (Å²) >= 11 is 0. The minimum absolute atomic E-state index is 0.0500. The van der Waals surface area contributed by atoms with Crippen LogP contribution in [0.25, 0.3) is 17.0 Å². The van der Waals surface area contributed by atoms with Crippen LogP contribution in [0.2, 0.25) is 0 Å². The van der Waals surface area contributed by atoms with Crippen LogP contribution in [0.1, 0.15) is 22.6 Å². The first-order chi connectivity index (χ1) is 12.0. The van der Waals surface area contributed by atoms with Crippen molar-refractivity contribution in [3.63, 3.8) is 0 Å². The molecule has 5 N–H and O–H groups in total. The van der Waals surface area contributed by atoms with Gasteiger partial charge in [0.2, 0.25) is 0 Å². The molecule has 0 fully saturated rings. The van der Waals surface area contributed by atoms with Crippen LogP contribution in [0.3, 0.4) is 0 Å². The molecule has 0 atom stereocenters. The zero-order chi connectivity index (χ0) is 17.8. The Labute approximate surface area is 146 Å². The van der Waals surface area contributed by atoms with Crippen LogP contribution in [0.4, 0.5) is 0 Å². The minimum atomic E-state index is 0.0500. The standard InChI is InChI=1S/C20H20N4O/c1-13(21)15-5-2-14(3-6-15)4-11-19-24-12-18(25-19)16-7-9-17(10-8-16)20(22)23/h2-3,5-10,12H,1,4,11,21H2,(H3,22,23). The maximum atomic E-state index is 7.42. The zero-order valence-corrected chi connectivity index (χ0v) is 13.8. The van der Waals surface area contributed by atoms with E-state index in [9.17, 15) is 0 Å². The topological polar surface area (TPSA) is 102 Å². The third-order valence-corrected chi connectivity index (χ3v) is 3.99. The molecule has 0 aliphatic rings. The van der Waals surface area contributed by atoms with Crippen LogP contribution < -0.4 is 11.5 Å². The summed E-state index contributed by atoms with van der Waals surface area (Å²) in [7, 11) is 0. The van der Waals surface area contributed by atoms with Crippen molar-refractivity contribution in [1.82, 2.24) is 4.98 Å². The van der Waals surface area contributed by atoms with E-state index < -0.39 is 0 Å². The molecule has 0 radical (unpaired) electrons. The van der Waals surface area contributed by atoms with Crippen LogP contribution in [-0.2, 0) is 12.8 Å². The van der Waals surface area contributed by atoms with Gasteiger partial charge in [0, 0.05) is 23.2 Å². The first-order valence-electron chi connectivity index (χ1n) is 7.96. The zero-order valence-electron chi connectivity index (χ0n) is 13.8. The first kappa shape index (κ1) is 16.5. The van der Waals surface area contributed by atoms with Gasteiger partial charge in [-0.15, -0.1) is 0 Å². The number of nitrogens with zero attached hydrogens (tertiary/aromatic N) is 1. The van der Waals surface area contributed by atoms with Gasteiger partial charge in [-0.2, -0.15) is 0 Å². The average molecular weight is 332 g/mol.